The van der Waals surface area contributed by atoms with Crippen LogP contribution in [0.4, 0.5) is 11.4 Å². The SMILES string of the molecule is C/C=C/C(C)=C(\CC)Nc1ccc(C(C)NC(C)ON)cc1[N+](=O)[O-].CC. The second-order valence-corrected chi connectivity index (χ2v) is 5.84. The van der Waals surface area contributed by atoms with Gasteiger partial charge in [0.1, 0.15) is 11.9 Å². The third-order valence-corrected chi connectivity index (χ3v) is 3.94. The van der Waals surface area contributed by atoms with Crippen molar-refractivity contribution in [3.63, 3.8) is 0 Å². The van der Waals surface area contributed by atoms with Gasteiger partial charge in [0.15, 0.2) is 0 Å². The molecule has 1 aromatic carbocycles. The summed E-state index contributed by atoms with van der Waals surface area (Å²) in [6.07, 6.45) is 4.31. The third-order valence-electron chi connectivity index (χ3n) is 3.94. The Morgan fingerprint density at radius 1 is 1.37 bits per heavy atom. The molecule has 4 N–H and O–H groups in total. The Morgan fingerprint density at radius 2 is 2.00 bits per heavy atom. The lowest BCUT2D eigenvalue weighted by Gasteiger charge is -2.19. The van der Waals surface area contributed by atoms with E-state index in [0.717, 1.165) is 23.3 Å². The van der Waals surface area contributed by atoms with Crippen molar-refractivity contribution in [2.75, 3.05) is 5.32 Å². The van der Waals surface area contributed by atoms with E-state index in [1.807, 2.05) is 59.8 Å². The quantitative estimate of drug-likeness (QED) is 0.237. The number of hydrogen-bond donors (Lipinski definition) is 3. The summed E-state index contributed by atoms with van der Waals surface area (Å²) in [6.45, 7) is 13.6. The molecule has 0 aliphatic carbocycles. The van der Waals surface area contributed by atoms with Crippen LogP contribution in [0.25, 0.3) is 0 Å². The number of anilines is 1. The van der Waals surface area contributed by atoms with Crippen LogP contribution in [0.2, 0.25) is 0 Å². The molecule has 0 saturated carbocycles. The lowest BCUT2D eigenvalue weighted by molar-refractivity contribution is -0.384. The molecule has 0 radical (unpaired) electrons. The number of nitrogens with zero attached hydrogens (tertiary/aromatic N) is 1. The lowest BCUT2D eigenvalue weighted by Crippen LogP contribution is -2.33. The molecule has 0 amide bonds. The number of nitro groups is 1. The maximum absolute atomic E-state index is 11.5. The van der Waals surface area contributed by atoms with Gasteiger partial charge in [0.2, 0.25) is 0 Å². The molecule has 7 nitrogen and oxygen atoms in total. The number of nitrogens with two attached hydrogens (primary N) is 1. The standard InChI is InChI=1S/C18H28N4O3.C2H6/c1-6-8-12(3)16(7-2)21-17-10-9-15(11-18(17)22(23)24)13(4)20-14(5)25-19;1-2/h6,8-11,13-14,20-21H,7,19H2,1-5H3;1-2H3/b8-6+,16-12+;. The first-order chi connectivity index (χ1) is 12.8. The number of hydrogen-bond acceptors (Lipinski definition) is 6. The Bertz CT molecular complexity index is 657. The maximum Gasteiger partial charge on any atom is 0.292 e. The number of rotatable bonds is 9. The van der Waals surface area contributed by atoms with Crippen LogP contribution in [-0.4, -0.2) is 11.2 Å². The van der Waals surface area contributed by atoms with Crippen molar-refractivity contribution in [1.82, 2.24) is 5.32 Å². The van der Waals surface area contributed by atoms with Gasteiger partial charge in [-0.25, -0.2) is 5.90 Å². The van der Waals surface area contributed by atoms with E-state index in [4.69, 9.17) is 10.7 Å². The first-order valence-corrected chi connectivity index (χ1v) is 9.33. The molecule has 0 fully saturated rings. The first-order valence-electron chi connectivity index (χ1n) is 9.33. The molecular formula is C20H34N4O3. The van der Waals surface area contributed by atoms with E-state index >= 15 is 0 Å². The molecule has 1 rings (SSSR count). The first kappa shape index (κ1) is 24.8. The number of benzene rings is 1. The summed E-state index contributed by atoms with van der Waals surface area (Å²) in [6, 6.07) is 5.02. The molecule has 0 aliphatic rings. The Morgan fingerprint density at radius 3 is 2.48 bits per heavy atom. The van der Waals surface area contributed by atoms with Crippen molar-refractivity contribution in [1.29, 1.82) is 0 Å². The number of nitrogens with one attached hydrogen (secondary N) is 2. The van der Waals surface area contributed by atoms with E-state index in [9.17, 15) is 10.1 Å². The summed E-state index contributed by atoms with van der Waals surface area (Å²) in [4.78, 5) is 15.8. The molecule has 152 valence electrons. The largest absolute Gasteiger partial charge is 0.353 e. The van der Waals surface area contributed by atoms with Gasteiger partial charge < -0.3 is 5.32 Å². The zero-order valence-electron chi connectivity index (χ0n) is 17.5. The summed E-state index contributed by atoms with van der Waals surface area (Å²) in [5, 5.41) is 17.8. The molecule has 0 spiro atoms. The molecule has 0 aromatic heterocycles. The van der Waals surface area contributed by atoms with E-state index in [1.54, 1.807) is 19.1 Å². The monoisotopic (exact) mass is 378 g/mol. The smallest absolute Gasteiger partial charge is 0.292 e. The van der Waals surface area contributed by atoms with Crippen molar-refractivity contribution in [3.05, 3.63) is 57.3 Å². The number of nitro benzene ring substituents is 1. The van der Waals surface area contributed by atoms with E-state index in [2.05, 4.69) is 10.6 Å². The van der Waals surface area contributed by atoms with E-state index in [1.165, 1.54) is 0 Å². The van der Waals surface area contributed by atoms with Crippen molar-refractivity contribution < 1.29 is 9.76 Å². The average Bonchev–Trinajstić information content (AvgIpc) is 2.67. The molecule has 0 heterocycles. The van der Waals surface area contributed by atoms with Crippen LogP contribution in [0.5, 0.6) is 0 Å². The summed E-state index contributed by atoms with van der Waals surface area (Å²) in [5.41, 5.74) is 3.29. The highest BCUT2D eigenvalue weighted by atomic mass is 16.6. The fourth-order valence-electron chi connectivity index (χ4n) is 2.54. The molecule has 0 saturated heterocycles. The van der Waals surface area contributed by atoms with Crippen molar-refractivity contribution >= 4 is 11.4 Å². The molecular weight excluding hydrogens is 344 g/mol. The summed E-state index contributed by atoms with van der Waals surface area (Å²) >= 11 is 0. The van der Waals surface area contributed by atoms with Gasteiger partial charge in [-0.1, -0.05) is 39.0 Å². The fourth-order valence-corrected chi connectivity index (χ4v) is 2.54. The van der Waals surface area contributed by atoms with E-state index < -0.39 is 0 Å². The van der Waals surface area contributed by atoms with Crippen LogP contribution in [0.3, 0.4) is 0 Å². The van der Waals surface area contributed by atoms with Gasteiger partial charge in [-0.3, -0.25) is 20.3 Å². The molecule has 1 aromatic rings. The van der Waals surface area contributed by atoms with Crippen LogP contribution in [0.1, 0.15) is 66.5 Å². The second kappa shape index (κ2) is 13.0. The van der Waals surface area contributed by atoms with Gasteiger partial charge in [-0.05, 0) is 51.3 Å². The minimum atomic E-state index is -0.375. The van der Waals surface area contributed by atoms with E-state index in [0.29, 0.717) is 5.69 Å². The van der Waals surface area contributed by atoms with Crippen molar-refractivity contribution in [2.24, 2.45) is 5.90 Å². The second-order valence-electron chi connectivity index (χ2n) is 5.84. The predicted octanol–water partition coefficient (Wildman–Crippen LogP) is 5.18. The van der Waals surface area contributed by atoms with Crippen LogP contribution in [-0.2, 0) is 4.84 Å². The van der Waals surface area contributed by atoms with E-state index in [-0.39, 0.29) is 22.9 Å². The van der Waals surface area contributed by atoms with Crippen LogP contribution in [0.15, 0.2) is 41.6 Å². The third kappa shape index (κ3) is 7.90. The zero-order valence-corrected chi connectivity index (χ0v) is 17.5. The highest BCUT2D eigenvalue weighted by Crippen LogP contribution is 2.30. The zero-order chi connectivity index (χ0) is 21.0. The van der Waals surface area contributed by atoms with Crippen LogP contribution >= 0.6 is 0 Å². The number of allylic oxidation sites excluding steroid dienone is 4. The lowest BCUT2D eigenvalue weighted by atomic mass is 10.1. The Labute approximate surface area is 162 Å². The minimum Gasteiger partial charge on any atom is -0.353 e. The van der Waals surface area contributed by atoms with Gasteiger partial charge >= 0.3 is 0 Å². The van der Waals surface area contributed by atoms with Gasteiger partial charge in [-0.2, -0.15) is 0 Å². The van der Waals surface area contributed by atoms with Crippen LogP contribution in [0, 0.1) is 10.1 Å². The Kier molecular flexibility index (Phi) is 12.0. The minimum absolute atomic E-state index is 0.0340. The normalized spacial score (nSPS) is 14.1. The summed E-state index contributed by atoms with van der Waals surface area (Å²) < 4.78 is 0. The maximum atomic E-state index is 11.5. The Hall–Kier alpha value is -2.22. The summed E-state index contributed by atoms with van der Waals surface area (Å²) in [5.74, 6) is 5.13. The van der Waals surface area contributed by atoms with Crippen molar-refractivity contribution in [2.45, 2.75) is 67.2 Å². The summed E-state index contributed by atoms with van der Waals surface area (Å²) in [7, 11) is 0. The van der Waals surface area contributed by atoms with Gasteiger partial charge in [0.25, 0.3) is 5.69 Å². The molecule has 2 unspecified atom stereocenters. The van der Waals surface area contributed by atoms with Crippen molar-refractivity contribution in [3.8, 4) is 0 Å². The Balaban J connectivity index is 0.00000326. The highest BCUT2D eigenvalue weighted by molar-refractivity contribution is 5.65. The highest BCUT2D eigenvalue weighted by Gasteiger charge is 2.18. The fraction of sp³-hybridized carbons (Fsp3) is 0.500. The average molecular weight is 379 g/mol. The molecule has 7 heteroatoms. The molecule has 0 bridgehead atoms. The van der Waals surface area contributed by atoms with Gasteiger partial charge in [0, 0.05) is 17.8 Å². The topological polar surface area (TPSA) is 102 Å². The van der Waals surface area contributed by atoms with Gasteiger partial charge in [-0.15, -0.1) is 0 Å². The molecule has 2 atom stereocenters. The van der Waals surface area contributed by atoms with Gasteiger partial charge in [0.05, 0.1) is 4.92 Å². The molecule has 27 heavy (non-hydrogen) atoms. The predicted molar refractivity (Wildman–Crippen MR) is 112 cm³/mol. The molecule has 0 aliphatic heterocycles. The van der Waals surface area contributed by atoms with Crippen LogP contribution < -0.4 is 16.5 Å².